The van der Waals surface area contributed by atoms with Crippen LogP contribution in [-0.4, -0.2) is 47.2 Å². The van der Waals surface area contributed by atoms with Gasteiger partial charge in [-0.2, -0.15) is 10.4 Å². The number of carbonyl (C=O) groups is 1. The van der Waals surface area contributed by atoms with Gasteiger partial charge in [0.05, 0.1) is 6.34 Å². The number of carbonyl (C=O) groups excluding carboxylic acids is 1. The Morgan fingerprint density at radius 2 is 2.03 bits per heavy atom. The van der Waals surface area contributed by atoms with E-state index < -0.39 is 11.7 Å². The molecule has 0 aliphatic heterocycles. The number of aliphatic imine (C=N–C) groups is 1. The molecular formula is C20H27N7O2. The summed E-state index contributed by atoms with van der Waals surface area (Å²) in [7, 11) is 3.69. The summed E-state index contributed by atoms with van der Waals surface area (Å²) < 4.78 is 5.24. The molecule has 29 heavy (non-hydrogen) atoms. The smallest absolute Gasteiger partial charge is 0.407 e. The Kier molecular flexibility index (Phi) is 7.20. The number of aromatic amines is 1. The van der Waals surface area contributed by atoms with E-state index in [1.54, 1.807) is 11.2 Å². The molecule has 1 amide bonds. The molecule has 1 aromatic carbocycles. The second-order valence-corrected chi connectivity index (χ2v) is 7.64. The van der Waals surface area contributed by atoms with E-state index in [1.165, 1.54) is 0 Å². The highest BCUT2D eigenvalue weighted by Crippen LogP contribution is 2.23. The summed E-state index contributed by atoms with van der Waals surface area (Å²) in [6.07, 6.45) is 1.14. The largest absolute Gasteiger partial charge is 0.444 e. The zero-order chi connectivity index (χ0) is 21.4. The van der Waals surface area contributed by atoms with Crippen molar-refractivity contribution in [1.29, 1.82) is 5.26 Å². The van der Waals surface area contributed by atoms with Crippen molar-refractivity contribution in [3.8, 4) is 6.07 Å². The van der Waals surface area contributed by atoms with Crippen LogP contribution in [0.4, 0.5) is 16.4 Å². The third kappa shape index (κ3) is 7.18. The van der Waals surface area contributed by atoms with E-state index in [4.69, 9.17) is 4.74 Å². The van der Waals surface area contributed by atoms with Crippen molar-refractivity contribution < 1.29 is 9.53 Å². The van der Waals surface area contributed by atoms with Crippen molar-refractivity contribution in [2.75, 3.05) is 19.4 Å². The number of rotatable bonds is 7. The van der Waals surface area contributed by atoms with Gasteiger partial charge in [-0.15, -0.1) is 0 Å². The molecule has 0 atom stereocenters. The van der Waals surface area contributed by atoms with Gasteiger partial charge in [-0.1, -0.05) is 24.3 Å². The van der Waals surface area contributed by atoms with E-state index in [2.05, 4.69) is 31.9 Å². The quantitative estimate of drug-likeness (QED) is 0.488. The Balaban J connectivity index is 1.98. The first-order valence-corrected chi connectivity index (χ1v) is 9.15. The fourth-order valence-electron chi connectivity index (χ4n) is 2.36. The van der Waals surface area contributed by atoms with Crippen molar-refractivity contribution in [2.45, 2.75) is 39.5 Å². The maximum atomic E-state index is 11.8. The summed E-state index contributed by atoms with van der Waals surface area (Å²) in [6, 6.07) is 9.86. The molecule has 154 valence electrons. The summed E-state index contributed by atoms with van der Waals surface area (Å²) in [5.41, 5.74) is 1.74. The first kappa shape index (κ1) is 21.8. The van der Waals surface area contributed by atoms with Crippen LogP contribution in [-0.2, 0) is 17.8 Å². The van der Waals surface area contributed by atoms with E-state index in [-0.39, 0.29) is 0 Å². The van der Waals surface area contributed by atoms with E-state index >= 15 is 0 Å². The fourth-order valence-corrected chi connectivity index (χ4v) is 2.36. The molecule has 0 unspecified atom stereocenters. The molecule has 0 aliphatic rings. The molecule has 0 spiro atoms. The average Bonchev–Trinajstić information content (AvgIpc) is 3.04. The molecule has 2 rings (SSSR count). The molecule has 9 nitrogen and oxygen atoms in total. The zero-order valence-electron chi connectivity index (χ0n) is 17.4. The van der Waals surface area contributed by atoms with Crippen molar-refractivity contribution >= 4 is 24.1 Å². The van der Waals surface area contributed by atoms with Crippen LogP contribution in [0, 0.1) is 11.3 Å². The predicted molar refractivity (Wildman–Crippen MR) is 112 cm³/mol. The van der Waals surface area contributed by atoms with Crippen molar-refractivity contribution in [1.82, 2.24) is 20.4 Å². The highest BCUT2D eigenvalue weighted by molar-refractivity contribution is 5.68. The second kappa shape index (κ2) is 9.59. The summed E-state index contributed by atoms with van der Waals surface area (Å²) in [5, 5.41) is 22.2. The number of amides is 1. The van der Waals surface area contributed by atoms with E-state index in [1.807, 2.05) is 59.1 Å². The maximum absolute atomic E-state index is 11.8. The number of hydrogen-bond acceptors (Lipinski definition) is 6. The number of alkyl carbamates (subject to hydrolysis) is 1. The number of benzene rings is 1. The molecule has 3 N–H and O–H groups in total. The minimum atomic E-state index is -0.534. The minimum absolute atomic E-state index is 0.353. The lowest BCUT2D eigenvalue weighted by Gasteiger charge is -2.19. The lowest BCUT2D eigenvalue weighted by atomic mass is 10.1. The zero-order valence-corrected chi connectivity index (χ0v) is 17.4. The molecule has 0 radical (unpaired) electrons. The molecule has 1 heterocycles. The van der Waals surface area contributed by atoms with Gasteiger partial charge in [-0.25, -0.2) is 9.79 Å². The van der Waals surface area contributed by atoms with Gasteiger partial charge < -0.3 is 20.3 Å². The van der Waals surface area contributed by atoms with Gasteiger partial charge in [0.2, 0.25) is 0 Å². The normalized spacial score (nSPS) is 11.2. The van der Waals surface area contributed by atoms with Gasteiger partial charge in [0, 0.05) is 27.2 Å². The molecular weight excluding hydrogens is 370 g/mol. The van der Waals surface area contributed by atoms with Gasteiger partial charge in [0.1, 0.15) is 17.2 Å². The van der Waals surface area contributed by atoms with Crippen LogP contribution < -0.4 is 10.6 Å². The Morgan fingerprint density at radius 3 is 2.66 bits per heavy atom. The molecule has 2 aromatic rings. The molecule has 0 saturated carbocycles. The lowest BCUT2D eigenvalue weighted by Crippen LogP contribution is -2.32. The van der Waals surface area contributed by atoms with Crippen LogP contribution in [0.1, 0.15) is 37.5 Å². The third-order valence-electron chi connectivity index (χ3n) is 3.56. The first-order chi connectivity index (χ1) is 13.7. The van der Waals surface area contributed by atoms with Crippen LogP contribution in [0.15, 0.2) is 29.3 Å². The molecule has 0 saturated heterocycles. The molecule has 1 aromatic heterocycles. The summed E-state index contributed by atoms with van der Waals surface area (Å²) in [6.45, 7) is 6.29. The van der Waals surface area contributed by atoms with Gasteiger partial charge in [-0.3, -0.25) is 5.10 Å². The van der Waals surface area contributed by atoms with E-state index in [9.17, 15) is 10.1 Å². The lowest BCUT2D eigenvalue weighted by molar-refractivity contribution is 0.0523. The van der Waals surface area contributed by atoms with E-state index in [0.29, 0.717) is 30.3 Å². The Morgan fingerprint density at radius 1 is 1.34 bits per heavy atom. The maximum Gasteiger partial charge on any atom is 0.407 e. The van der Waals surface area contributed by atoms with Crippen LogP contribution in [0.2, 0.25) is 0 Å². The van der Waals surface area contributed by atoms with E-state index in [0.717, 1.165) is 11.1 Å². The monoisotopic (exact) mass is 397 g/mol. The number of nitrogens with one attached hydrogen (secondary N) is 3. The van der Waals surface area contributed by atoms with Gasteiger partial charge in [-0.05, 0) is 31.9 Å². The summed E-state index contributed by atoms with van der Waals surface area (Å²) >= 11 is 0. The minimum Gasteiger partial charge on any atom is -0.444 e. The first-order valence-electron chi connectivity index (χ1n) is 9.15. The van der Waals surface area contributed by atoms with Crippen molar-refractivity contribution in [3.63, 3.8) is 0 Å². The van der Waals surface area contributed by atoms with Crippen LogP contribution in [0.5, 0.6) is 0 Å². The summed E-state index contributed by atoms with van der Waals surface area (Å²) in [5.74, 6) is 0.842. The van der Waals surface area contributed by atoms with Gasteiger partial charge >= 0.3 is 6.09 Å². The number of aromatic nitrogens is 2. The van der Waals surface area contributed by atoms with Gasteiger partial charge in [0.15, 0.2) is 11.6 Å². The molecule has 9 heteroatoms. The third-order valence-corrected chi connectivity index (χ3v) is 3.56. The predicted octanol–water partition coefficient (Wildman–Crippen LogP) is 3.14. The number of hydrogen-bond donors (Lipinski definition) is 3. The van der Waals surface area contributed by atoms with Crippen LogP contribution >= 0.6 is 0 Å². The Labute approximate surface area is 170 Å². The van der Waals surface area contributed by atoms with Crippen molar-refractivity contribution in [3.05, 3.63) is 41.0 Å². The Hall–Kier alpha value is -3.54. The fraction of sp³-hybridized carbons (Fsp3) is 0.400. The topological polar surface area (TPSA) is 118 Å². The Bertz CT molecular complexity index is 904. The standard InChI is InChI=1S/C20H27N7O2/c1-20(2,3)29-19(28)23-12-15-8-6-7-14(9-15)11-22-17-16(10-21)18(26-25-17)24-13-27(4)5/h6-9,13H,11-12H2,1-5H3,(H,23,28)(H2,22,25,26)/b24-13+. The number of anilines is 1. The number of nitrogens with zero attached hydrogens (tertiary/aromatic N) is 4. The van der Waals surface area contributed by atoms with Crippen LogP contribution in [0.25, 0.3) is 0 Å². The highest BCUT2D eigenvalue weighted by Gasteiger charge is 2.16. The van der Waals surface area contributed by atoms with Crippen molar-refractivity contribution in [2.24, 2.45) is 4.99 Å². The molecule has 0 aliphatic carbocycles. The number of H-pyrrole nitrogens is 1. The van der Waals surface area contributed by atoms with Crippen LogP contribution in [0.3, 0.4) is 0 Å². The number of ether oxygens (including phenoxy) is 1. The summed E-state index contributed by atoms with van der Waals surface area (Å²) in [4.78, 5) is 17.8. The number of nitriles is 1. The molecule has 0 fully saturated rings. The van der Waals surface area contributed by atoms with Gasteiger partial charge in [0.25, 0.3) is 0 Å². The SMILES string of the molecule is CN(C)/C=N/c1[nH]nc(NCc2cccc(CNC(=O)OC(C)(C)C)c2)c1C#N. The molecule has 0 bridgehead atoms. The second-order valence-electron chi connectivity index (χ2n) is 7.64. The average molecular weight is 397 g/mol. The highest BCUT2D eigenvalue weighted by atomic mass is 16.6.